The molecule has 2 aliphatic rings. The summed E-state index contributed by atoms with van der Waals surface area (Å²) < 4.78 is 18.3. The first-order valence-corrected chi connectivity index (χ1v) is 10.1. The Bertz CT molecular complexity index is 792. The minimum atomic E-state index is -0.321. The van der Waals surface area contributed by atoms with Crippen molar-refractivity contribution >= 4 is 5.91 Å². The summed E-state index contributed by atoms with van der Waals surface area (Å²) in [6.45, 7) is 0.942. The molecule has 4 rings (SSSR count). The first-order chi connectivity index (χ1) is 13.6. The number of nitrogens with zero attached hydrogens (tertiary/aromatic N) is 1. The summed E-state index contributed by atoms with van der Waals surface area (Å²) in [7, 11) is 1.68. The molecule has 2 heterocycles. The van der Waals surface area contributed by atoms with Gasteiger partial charge >= 0.3 is 0 Å². The number of rotatable bonds is 5. The second-order valence-electron chi connectivity index (χ2n) is 7.91. The van der Waals surface area contributed by atoms with Gasteiger partial charge in [-0.25, -0.2) is 4.39 Å². The van der Waals surface area contributed by atoms with Gasteiger partial charge in [-0.15, -0.1) is 0 Å². The van der Waals surface area contributed by atoms with Crippen LogP contribution in [0.3, 0.4) is 0 Å². The second-order valence-corrected chi connectivity index (χ2v) is 7.91. The fourth-order valence-electron chi connectivity index (χ4n) is 4.67. The molecule has 2 aromatic carbocycles. The molecule has 2 aromatic rings. The zero-order valence-corrected chi connectivity index (χ0v) is 16.2. The van der Waals surface area contributed by atoms with E-state index >= 15 is 0 Å². The molecule has 148 valence electrons. The number of nitrogens with one attached hydrogen (secondary N) is 1. The van der Waals surface area contributed by atoms with Crippen LogP contribution in [0.4, 0.5) is 4.39 Å². The molecule has 0 aliphatic carbocycles. The van der Waals surface area contributed by atoms with E-state index in [0.29, 0.717) is 17.6 Å². The van der Waals surface area contributed by atoms with Crippen molar-refractivity contribution < 1.29 is 13.9 Å². The summed E-state index contributed by atoms with van der Waals surface area (Å²) in [4.78, 5) is 15.1. The van der Waals surface area contributed by atoms with E-state index in [1.165, 1.54) is 37.0 Å². The van der Waals surface area contributed by atoms with Gasteiger partial charge in [0.1, 0.15) is 11.6 Å². The number of carbonyl (C=O) groups is 1. The van der Waals surface area contributed by atoms with Crippen LogP contribution in [-0.4, -0.2) is 36.0 Å². The fraction of sp³-hybridized carbons (Fsp3) is 0.435. The maximum Gasteiger partial charge on any atom is 0.251 e. The second kappa shape index (κ2) is 8.31. The van der Waals surface area contributed by atoms with E-state index in [2.05, 4.69) is 22.3 Å². The first kappa shape index (κ1) is 18.9. The van der Waals surface area contributed by atoms with E-state index in [0.717, 1.165) is 25.1 Å². The molecule has 2 atom stereocenters. The van der Waals surface area contributed by atoms with Crippen LogP contribution in [0, 0.1) is 5.82 Å². The SMILES string of the molecule is COc1ccc(CN2[C@@H]3CCC[C@@H]2CC(NC(=O)c2ccc(F)cc2)C3)cc1. The molecule has 0 spiro atoms. The predicted octanol–water partition coefficient (Wildman–Crippen LogP) is 4.15. The van der Waals surface area contributed by atoms with Crippen molar-refractivity contribution in [1.29, 1.82) is 0 Å². The maximum absolute atomic E-state index is 13.1. The maximum atomic E-state index is 13.1. The Morgan fingerprint density at radius 1 is 1.07 bits per heavy atom. The first-order valence-electron chi connectivity index (χ1n) is 10.1. The van der Waals surface area contributed by atoms with Gasteiger partial charge in [-0.1, -0.05) is 18.6 Å². The number of carbonyl (C=O) groups excluding carboxylic acids is 1. The van der Waals surface area contributed by atoms with Gasteiger partial charge in [-0.05, 0) is 67.6 Å². The summed E-state index contributed by atoms with van der Waals surface area (Å²) in [5.74, 6) is 0.454. The largest absolute Gasteiger partial charge is 0.497 e. The Morgan fingerprint density at radius 3 is 2.32 bits per heavy atom. The van der Waals surface area contributed by atoms with Crippen molar-refractivity contribution in [2.75, 3.05) is 7.11 Å². The third kappa shape index (κ3) is 4.20. The van der Waals surface area contributed by atoms with Crippen LogP contribution in [0.5, 0.6) is 5.75 Å². The van der Waals surface area contributed by atoms with Crippen molar-refractivity contribution in [2.24, 2.45) is 0 Å². The van der Waals surface area contributed by atoms with Gasteiger partial charge in [-0.3, -0.25) is 9.69 Å². The predicted molar refractivity (Wildman–Crippen MR) is 107 cm³/mol. The Balaban J connectivity index is 1.39. The molecule has 1 amide bonds. The van der Waals surface area contributed by atoms with E-state index in [9.17, 15) is 9.18 Å². The molecule has 0 aromatic heterocycles. The highest BCUT2D eigenvalue weighted by Gasteiger charge is 2.38. The van der Waals surface area contributed by atoms with Crippen molar-refractivity contribution in [3.8, 4) is 5.75 Å². The van der Waals surface area contributed by atoms with E-state index in [4.69, 9.17) is 4.74 Å². The molecule has 2 aliphatic heterocycles. The highest BCUT2D eigenvalue weighted by atomic mass is 19.1. The summed E-state index contributed by atoms with van der Waals surface area (Å²) in [5, 5.41) is 3.18. The lowest BCUT2D eigenvalue weighted by molar-refractivity contribution is 0.0177. The molecule has 0 unspecified atom stereocenters. The standard InChI is InChI=1S/C23H27FN2O2/c1-28-22-11-5-16(6-12-22)15-26-20-3-2-4-21(26)14-19(13-20)25-23(27)17-7-9-18(24)10-8-17/h5-12,19-21H,2-4,13-15H2,1H3,(H,25,27)/t20-,21-/m1/s1. The topological polar surface area (TPSA) is 41.6 Å². The van der Waals surface area contributed by atoms with Gasteiger partial charge < -0.3 is 10.1 Å². The third-order valence-corrected chi connectivity index (χ3v) is 6.09. The highest BCUT2D eigenvalue weighted by Crippen LogP contribution is 2.35. The molecular formula is C23H27FN2O2. The summed E-state index contributed by atoms with van der Waals surface area (Å²) in [5.41, 5.74) is 1.82. The van der Waals surface area contributed by atoms with Gasteiger partial charge in [0.25, 0.3) is 5.91 Å². The molecule has 1 N–H and O–H groups in total. The number of ether oxygens (including phenoxy) is 1. The zero-order chi connectivity index (χ0) is 19.5. The van der Waals surface area contributed by atoms with Crippen LogP contribution in [0.15, 0.2) is 48.5 Å². The molecule has 5 heteroatoms. The van der Waals surface area contributed by atoms with Gasteiger partial charge in [0.05, 0.1) is 7.11 Å². The molecule has 28 heavy (non-hydrogen) atoms. The van der Waals surface area contributed by atoms with Crippen LogP contribution >= 0.6 is 0 Å². The van der Waals surface area contributed by atoms with Crippen LogP contribution < -0.4 is 10.1 Å². The fourth-order valence-corrected chi connectivity index (χ4v) is 4.67. The summed E-state index contributed by atoms with van der Waals surface area (Å²) >= 11 is 0. The van der Waals surface area contributed by atoms with Crippen LogP contribution in [-0.2, 0) is 6.54 Å². The molecular weight excluding hydrogens is 355 g/mol. The smallest absolute Gasteiger partial charge is 0.251 e. The van der Waals surface area contributed by atoms with Gasteiger partial charge in [0.2, 0.25) is 0 Å². The lowest BCUT2D eigenvalue weighted by Gasteiger charge is -2.49. The number of amides is 1. The van der Waals surface area contributed by atoms with Crippen LogP contribution in [0.1, 0.15) is 48.0 Å². The Labute approximate surface area is 165 Å². The lowest BCUT2D eigenvalue weighted by Crippen LogP contribution is -2.56. The minimum Gasteiger partial charge on any atom is -0.497 e. The summed E-state index contributed by atoms with van der Waals surface area (Å²) in [6.07, 6.45) is 5.55. The minimum absolute atomic E-state index is 0.105. The highest BCUT2D eigenvalue weighted by molar-refractivity contribution is 5.94. The van der Waals surface area contributed by atoms with E-state index in [1.54, 1.807) is 19.2 Å². The van der Waals surface area contributed by atoms with E-state index < -0.39 is 0 Å². The van der Waals surface area contributed by atoms with Gasteiger partial charge in [0, 0.05) is 30.2 Å². The summed E-state index contributed by atoms with van der Waals surface area (Å²) in [6, 6.07) is 15.2. The van der Waals surface area contributed by atoms with Crippen LogP contribution in [0.2, 0.25) is 0 Å². The normalized spacial score (nSPS) is 24.6. The average molecular weight is 382 g/mol. The Morgan fingerprint density at radius 2 is 1.71 bits per heavy atom. The Hall–Kier alpha value is -2.40. The molecule has 4 nitrogen and oxygen atoms in total. The van der Waals surface area contributed by atoms with E-state index in [-0.39, 0.29) is 17.8 Å². The molecule has 2 bridgehead atoms. The van der Waals surface area contributed by atoms with Gasteiger partial charge in [0.15, 0.2) is 0 Å². The number of piperidine rings is 2. The van der Waals surface area contributed by atoms with E-state index in [1.807, 2.05) is 12.1 Å². The number of benzene rings is 2. The van der Waals surface area contributed by atoms with Crippen molar-refractivity contribution in [3.05, 3.63) is 65.5 Å². The molecule has 0 saturated carbocycles. The Kier molecular flexibility index (Phi) is 5.62. The molecule has 0 radical (unpaired) electrons. The quantitative estimate of drug-likeness (QED) is 0.845. The average Bonchev–Trinajstić information content (AvgIpc) is 2.69. The number of fused-ring (bicyclic) bond motifs is 2. The zero-order valence-electron chi connectivity index (χ0n) is 16.2. The van der Waals surface area contributed by atoms with Crippen molar-refractivity contribution in [2.45, 2.75) is 56.8 Å². The molecule has 2 saturated heterocycles. The van der Waals surface area contributed by atoms with Crippen molar-refractivity contribution in [1.82, 2.24) is 10.2 Å². The monoisotopic (exact) mass is 382 g/mol. The molecule has 2 fully saturated rings. The van der Waals surface area contributed by atoms with Crippen molar-refractivity contribution in [3.63, 3.8) is 0 Å². The number of hydrogen-bond donors (Lipinski definition) is 1. The van der Waals surface area contributed by atoms with Crippen LogP contribution in [0.25, 0.3) is 0 Å². The number of halogens is 1. The lowest BCUT2D eigenvalue weighted by atomic mass is 9.81. The third-order valence-electron chi connectivity index (χ3n) is 6.09. The number of hydrogen-bond acceptors (Lipinski definition) is 3. The van der Waals surface area contributed by atoms with Gasteiger partial charge in [-0.2, -0.15) is 0 Å². The number of methoxy groups -OCH3 is 1.